The molecule has 0 aliphatic carbocycles. The summed E-state index contributed by atoms with van der Waals surface area (Å²) in [7, 11) is 1.69. The van der Waals surface area contributed by atoms with E-state index in [0.717, 1.165) is 37.7 Å². The monoisotopic (exact) mass is 285 g/mol. The lowest BCUT2D eigenvalue weighted by Crippen LogP contribution is -2.46. The number of piperazine rings is 1. The van der Waals surface area contributed by atoms with Crippen LogP contribution in [0.5, 0.6) is 5.75 Å². The molecule has 1 aliphatic rings. The number of aromatic nitrogens is 2. The zero-order chi connectivity index (χ0) is 14.7. The standard InChI is InChI=1S/C15H19N5O/c1-21-13-4-2-3-12(9-13)19-5-7-20(8-6-19)15-11-17-14(16)10-18-15/h2-4,9-11H,5-8H2,1H3,(H2,16,17). The van der Waals surface area contributed by atoms with E-state index in [0.29, 0.717) is 5.82 Å². The molecule has 1 fully saturated rings. The minimum absolute atomic E-state index is 0.453. The molecule has 0 unspecified atom stereocenters. The summed E-state index contributed by atoms with van der Waals surface area (Å²) in [5, 5.41) is 0. The number of benzene rings is 1. The van der Waals surface area contributed by atoms with Crippen LogP contribution in [-0.4, -0.2) is 43.3 Å². The third-order valence-electron chi connectivity index (χ3n) is 3.68. The summed E-state index contributed by atoms with van der Waals surface area (Å²) in [6.07, 6.45) is 3.33. The molecule has 6 nitrogen and oxygen atoms in total. The van der Waals surface area contributed by atoms with Gasteiger partial charge in [-0.25, -0.2) is 9.97 Å². The van der Waals surface area contributed by atoms with E-state index in [-0.39, 0.29) is 0 Å². The van der Waals surface area contributed by atoms with Gasteiger partial charge in [-0.1, -0.05) is 6.07 Å². The molecule has 2 heterocycles. The van der Waals surface area contributed by atoms with E-state index in [1.54, 1.807) is 19.5 Å². The Morgan fingerprint density at radius 1 is 1.05 bits per heavy atom. The van der Waals surface area contributed by atoms with Crippen molar-refractivity contribution < 1.29 is 4.74 Å². The molecule has 0 atom stereocenters. The van der Waals surface area contributed by atoms with Gasteiger partial charge in [-0.2, -0.15) is 0 Å². The normalized spacial score (nSPS) is 15.1. The van der Waals surface area contributed by atoms with Crippen molar-refractivity contribution in [1.82, 2.24) is 9.97 Å². The van der Waals surface area contributed by atoms with E-state index < -0.39 is 0 Å². The highest BCUT2D eigenvalue weighted by Gasteiger charge is 2.18. The number of ether oxygens (including phenoxy) is 1. The molecule has 110 valence electrons. The van der Waals surface area contributed by atoms with Gasteiger partial charge in [0, 0.05) is 37.9 Å². The maximum atomic E-state index is 5.57. The third-order valence-corrected chi connectivity index (χ3v) is 3.68. The molecule has 21 heavy (non-hydrogen) atoms. The molecule has 1 saturated heterocycles. The van der Waals surface area contributed by atoms with Gasteiger partial charge in [0.05, 0.1) is 19.5 Å². The zero-order valence-electron chi connectivity index (χ0n) is 12.1. The van der Waals surface area contributed by atoms with E-state index in [9.17, 15) is 0 Å². The molecule has 6 heteroatoms. The van der Waals surface area contributed by atoms with Crippen LogP contribution >= 0.6 is 0 Å². The van der Waals surface area contributed by atoms with E-state index >= 15 is 0 Å². The number of anilines is 3. The third kappa shape index (κ3) is 2.99. The van der Waals surface area contributed by atoms with Gasteiger partial charge in [0.25, 0.3) is 0 Å². The van der Waals surface area contributed by atoms with E-state index in [1.165, 1.54) is 5.69 Å². The summed E-state index contributed by atoms with van der Waals surface area (Å²) in [5.41, 5.74) is 6.76. The molecule has 3 rings (SSSR count). The summed E-state index contributed by atoms with van der Waals surface area (Å²) in [4.78, 5) is 13.0. The number of hydrogen-bond acceptors (Lipinski definition) is 6. The summed E-state index contributed by atoms with van der Waals surface area (Å²) in [6, 6.07) is 8.16. The lowest BCUT2D eigenvalue weighted by atomic mass is 10.2. The SMILES string of the molecule is COc1cccc(N2CCN(c3cnc(N)cn3)CC2)c1. The van der Waals surface area contributed by atoms with Crippen molar-refractivity contribution in [3.63, 3.8) is 0 Å². The number of nitrogens with zero attached hydrogens (tertiary/aromatic N) is 4. The maximum absolute atomic E-state index is 5.57. The van der Waals surface area contributed by atoms with E-state index in [4.69, 9.17) is 10.5 Å². The predicted molar refractivity (Wildman–Crippen MR) is 83.9 cm³/mol. The highest BCUT2D eigenvalue weighted by atomic mass is 16.5. The Balaban J connectivity index is 1.65. The summed E-state index contributed by atoms with van der Waals surface area (Å²) in [5.74, 6) is 2.22. The van der Waals surface area contributed by atoms with Crippen molar-refractivity contribution in [1.29, 1.82) is 0 Å². The van der Waals surface area contributed by atoms with E-state index in [2.05, 4.69) is 31.9 Å². The summed E-state index contributed by atoms with van der Waals surface area (Å²) < 4.78 is 5.28. The van der Waals surface area contributed by atoms with Crippen molar-refractivity contribution in [2.75, 3.05) is 48.8 Å². The first-order chi connectivity index (χ1) is 10.3. The van der Waals surface area contributed by atoms with Crippen molar-refractivity contribution >= 4 is 17.3 Å². The average molecular weight is 285 g/mol. The topological polar surface area (TPSA) is 67.5 Å². The molecule has 0 spiro atoms. The molecule has 1 aromatic heterocycles. The second-order valence-corrected chi connectivity index (χ2v) is 4.98. The van der Waals surface area contributed by atoms with Crippen LogP contribution in [0.25, 0.3) is 0 Å². The van der Waals surface area contributed by atoms with Crippen molar-refractivity contribution in [3.8, 4) is 5.75 Å². The minimum atomic E-state index is 0.453. The Bertz CT molecular complexity index is 593. The predicted octanol–water partition coefficient (Wildman–Crippen LogP) is 1.39. The fourth-order valence-corrected chi connectivity index (χ4v) is 2.50. The van der Waals surface area contributed by atoms with Crippen LogP contribution < -0.4 is 20.3 Å². The molecule has 0 bridgehead atoms. The smallest absolute Gasteiger partial charge is 0.147 e. The molecule has 0 saturated carbocycles. The number of rotatable bonds is 3. The molecule has 1 aliphatic heterocycles. The first kappa shape index (κ1) is 13.5. The van der Waals surface area contributed by atoms with Crippen molar-refractivity contribution in [3.05, 3.63) is 36.7 Å². The van der Waals surface area contributed by atoms with Crippen molar-refractivity contribution in [2.24, 2.45) is 0 Å². The van der Waals surface area contributed by atoms with Gasteiger partial charge in [-0.05, 0) is 12.1 Å². The van der Waals surface area contributed by atoms with Crippen LogP contribution in [-0.2, 0) is 0 Å². The van der Waals surface area contributed by atoms with Gasteiger partial charge in [-0.3, -0.25) is 0 Å². The fourth-order valence-electron chi connectivity index (χ4n) is 2.50. The number of nitrogen functional groups attached to an aromatic ring is 1. The number of nitrogens with two attached hydrogens (primary N) is 1. The van der Waals surface area contributed by atoms with Gasteiger partial charge >= 0.3 is 0 Å². The largest absolute Gasteiger partial charge is 0.497 e. The first-order valence-electron chi connectivity index (χ1n) is 6.98. The van der Waals surface area contributed by atoms with Crippen molar-refractivity contribution in [2.45, 2.75) is 0 Å². The van der Waals surface area contributed by atoms with Gasteiger partial charge in [0.15, 0.2) is 0 Å². The zero-order valence-corrected chi connectivity index (χ0v) is 12.1. The fraction of sp³-hybridized carbons (Fsp3) is 0.333. The molecule has 0 radical (unpaired) electrons. The molecule has 2 aromatic rings. The number of hydrogen-bond donors (Lipinski definition) is 1. The maximum Gasteiger partial charge on any atom is 0.147 e. The molecule has 0 amide bonds. The van der Waals surface area contributed by atoms with Crippen LogP contribution in [0, 0.1) is 0 Å². The van der Waals surface area contributed by atoms with Crippen LogP contribution in [0.1, 0.15) is 0 Å². The Morgan fingerprint density at radius 2 is 1.81 bits per heavy atom. The Labute approximate surface area is 124 Å². The van der Waals surface area contributed by atoms with Crippen LogP contribution in [0.3, 0.4) is 0 Å². The van der Waals surface area contributed by atoms with Crippen LogP contribution in [0.4, 0.5) is 17.3 Å². The number of methoxy groups -OCH3 is 1. The molecule has 1 aromatic carbocycles. The summed E-state index contributed by atoms with van der Waals surface area (Å²) in [6.45, 7) is 3.71. The lowest BCUT2D eigenvalue weighted by Gasteiger charge is -2.36. The summed E-state index contributed by atoms with van der Waals surface area (Å²) >= 11 is 0. The highest BCUT2D eigenvalue weighted by molar-refractivity contribution is 5.52. The first-order valence-corrected chi connectivity index (χ1v) is 6.98. The van der Waals surface area contributed by atoms with Gasteiger partial charge < -0.3 is 20.3 Å². The Kier molecular flexibility index (Phi) is 3.77. The molecular formula is C15H19N5O. The molecular weight excluding hydrogens is 266 g/mol. The Morgan fingerprint density at radius 3 is 2.48 bits per heavy atom. The second-order valence-electron chi connectivity index (χ2n) is 4.98. The minimum Gasteiger partial charge on any atom is -0.497 e. The second kappa shape index (κ2) is 5.87. The van der Waals surface area contributed by atoms with Gasteiger partial charge in [0.1, 0.15) is 17.4 Å². The van der Waals surface area contributed by atoms with Gasteiger partial charge in [-0.15, -0.1) is 0 Å². The average Bonchev–Trinajstić information content (AvgIpc) is 2.56. The van der Waals surface area contributed by atoms with E-state index in [1.807, 2.05) is 12.1 Å². The van der Waals surface area contributed by atoms with Gasteiger partial charge in [0.2, 0.25) is 0 Å². The molecule has 2 N–H and O–H groups in total. The lowest BCUT2D eigenvalue weighted by molar-refractivity contribution is 0.414. The van der Waals surface area contributed by atoms with Crippen LogP contribution in [0.2, 0.25) is 0 Å². The quantitative estimate of drug-likeness (QED) is 0.919. The van der Waals surface area contributed by atoms with Crippen LogP contribution in [0.15, 0.2) is 36.7 Å². The highest BCUT2D eigenvalue weighted by Crippen LogP contribution is 2.23. The Hall–Kier alpha value is -2.50.